The van der Waals surface area contributed by atoms with Crippen LogP contribution in [0.4, 0.5) is 0 Å². The Hall–Kier alpha value is -8.11. The molecule has 12 aromatic rings. The van der Waals surface area contributed by atoms with Crippen LogP contribution < -0.4 is 9.30 Å². The maximum atomic E-state index is 9.18. The number of fused-ring (bicyclic) bond motifs is 4. The number of rotatable bonds is 9. The molecule has 0 unspecified atom stereocenters. The van der Waals surface area contributed by atoms with E-state index in [1.165, 1.54) is 69.8 Å². The van der Waals surface area contributed by atoms with E-state index in [9.17, 15) is 5.48 Å². The fraction of sp³-hybridized carbons (Fsp3) is 0.0476. The summed E-state index contributed by atoms with van der Waals surface area (Å²) in [6, 6.07) is 25.8. The Labute approximate surface area is 450 Å². The molecule has 0 aliphatic heterocycles. The molecule has 0 saturated carbocycles. The average molecular weight is 1090 g/mol. The molecule has 0 radical (unpaired) electrons. The molecule has 0 atom stereocenters. The molecule has 0 bridgehead atoms. The molecule has 9 aromatic carbocycles. The Morgan fingerprint density at radius 1 is 0.551 bits per heavy atom. The number of aryl methyl sites for hydroxylation is 3. The normalized spacial score (nSPS) is 16.8. The van der Waals surface area contributed by atoms with Crippen LogP contribution in [-0.4, -0.2) is 14.1 Å². The summed E-state index contributed by atoms with van der Waals surface area (Å²) in [5.74, 6) is 0.203. The van der Waals surface area contributed by atoms with Crippen molar-refractivity contribution in [3.8, 4) is 73.2 Å². The average Bonchev–Trinajstić information content (AvgIpc) is 1.71. The van der Waals surface area contributed by atoms with Gasteiger partial charge in [-0.05, 0) is 105 Å². The number of para-hydroxylation sites is 2. The third kappa shape index (κ3) is 7.85. The molecule has 69 heavy (non-hydrogen) atoms. The van der Waals surface area contributed by atoms with Crippen LogP contribution >= 0.6 is 0 Å². The maximum absolute atomic E-state index is 9.18. The van der Waals surface area contributed by atoms with E-state index in [0.717, 1.165) is 6.20 Å². The van der Waals surface area contributed by atoms with Gasteiger partial charge < -0.3 is 13.9 Å². The molecule has 0 N–H and O–H groups in total. The summed E-state index contributed by atoms with van der Waals surface area (Å²) in [5.41, 5.74) is -1.06. The van der Waals surface area contributed by atoms with Gasteiger partial charge in [0.15, 0.2) is 0 Å². The van der Waals surface area contributed by atoms with Gasteiger partial charge in [-0.1, -0.05) is 163 Å². The van der Waals surface area contributed by atoms with Crippen LogP contribution in [0.2, 0.25) is 0 Å². The molecule has 5 nitrogen and oxygen atoms in total. The monoisotopic (exact) mass is 1090 g/mol. The Morgan fingerprint density at radius 3 is 1.88 bits per heavy atom. The fourth-order valence-corrected chi connectivity index (χ4v) is 8.50. The number of aromatic nitrogens is 4. The second kappa shape index (κ2) is 18.2. The minimum atomic E-state index is -2.89. The zero-order valence-electron chi connectivity index (χ0n) is 59.6. The first-order chi connectivity index (χ1) is 43.3. The van der Waals surface area contributed by atoms with E-state index < -0.39 is 111 Å². The van der Waals surface area contributed by atoms with Crippen LogP contribution in [0.3, 0.4) is 0 Å². The van der Waals surface area contributed by atoms with Crippen molar-refractivity contribution in [2.75, 3.05) is 0 Å². The van der Waals surface area contributed by atoms with Crippen LogP contribution in [-0.2, 0) is 21.1 Å². The fourth-order valence-electron chi connectivity index (χ4n) is 8.50. The summed E-state index contributed by atoms with van der Waals surface area (Å²) in [7, 11) is 0. The van der Waals surface area contributed by atoms with Gasteiger partial charge in [-0.3, -0.25) is 4.57 Å². The van der Waals surface area contributed by atoms with Crippen LogP contribution in [0, 0.1) is 39.0 Å². The van der Waals surface area contributed by atoms with Crippen LogP contribution in [0.25, 0.3) is 94.5 Å². The van der Waals surface area contributed by atoms with Gasteiger partial charge in [0.05, 0.1) is 37.3 Å². The Bertz CT molecular complexity index is 4920. The number of hydrogen-bond acceptors (Lipinski definition) is 2. The molecule has 0 fully saturated rings. The largest absolute Gasteiger partial charge is 0.510 e. The predicted octanol–water partition coefficient (Wildman–Crippen LogP) is 15.2. The third-order valence-electron chi connectivity index (χ3n) is 11.5. The van der Waals surface area contributed by atoms with E-state index in [1.807, 2.05) is 6.07 Å². The molecular formula is C63H44N4OPt-2. The second-order valence-electron chi connectivity index (χ2n) is 15.4. The number of benzene rings is 9. The maximum Gasteiger partial charge on any atom is 0.268 e. The predicted molar refractivity (Wildman–Crippen MR) is 276 cm³/mol. The number of ether oxygens (including phenoxy) is 1. The molecule has 334 valence electrons. The van der Waals surface area contributed by atoms with Crippen molar-refractivity contribution in [1.29, 1.82) is 0 Å². The van der Waals surface area contributed by atoms with Gasteiger partial charge in [0.2, 0.25) is 0 Å². The van der Waals surface area contributed by atoms with Crippen LogP contribution in [0.15, 0.2) is 212 Å². The van der Waals surface area contributed by atoms with Crippen LogP contribution in [0.5, 0.6) is 11.5 Å². The molecule has 6 heteroatoms. The SMILES string of the molecule is [2H]c1c([2H])c([2H])c(-c2cnc(-n3c4[c-]c(Oc5[c-]c(-n6[c-][n+](-c7c(-c8c([2H])c([2H])c([2H])c([2H])c8[2H])cccc7-c7c([2H])c([2H])c([2H])c([2H])c7[2H])c7ccc(-c8c(C([2H])([2H])[2H])cccc8C([2H])([2H])[2H])cc76)ccc5)ccc4c4ccccc43)cc2C([2H])([2H])[2H])c([2H])c1[2H].[Pt]. The van der Waals surface area contributed by atoms with Gasteiger partial charge >= 0.3 is 0 Å². The van der Waals surface area contributed by atoms with E-state index in [4.69, 9.17) is 32.2 Å². The molecule has 0 spiro atoms. The third-order valence-corrected chi connectivity index (χ3v) is 11.5. The number of pyridine rings is 1. The van der Waals surface area contributed by atoms with Crippen molar-refractivity contribution >= 4 is 32.8 Å². The van der Waals surface area contributed by atoms with Gasteiger partial charge in [-0.2, -0.15) is 18.2 Å². The Morgan fingerprint density at radius 2 is 1.19 bits per heavy atom. The molecule has 3 heterocycles. The number of nitrogens with zero attached hydrogens (tertiary/aromatic N) is 4. The van der Waals surface area contributed by atoms with Crippen molar-refractivity contribution in [1.82, 2.24) is 14.1 Å². The smallest absolute Gasteiger partial charge is 0.268 e. The first-order valence-electron chi connectivity index (χ1n) is 33.0. The van der Waals surface area contributed by atoms with E-state index in [1.54, 1.807) is 53.1 Å². The molecule has 12 rings (SSSR count). The molecule has 0 amide bonds. The molecule has 0 saturated heterocycles. The summed E-state index contributed by atoms with van der Waals surface area (Å²) < 4.78 is 219. The minimum Gasteiger partial charge on any atom is -0.510 e. The summed E-state index contributed by atoms with van der Waals surface area (Å²) in [4.78, 5) is 4.65. The van der Waals surface area contributed by atoms with Crippen LogP contribution in [0.1, 0.15) is 49.6 Å². The number of hydrogen-bond donors (Lipinski definition) is 0. The van der Waals surface area contributed by atoms with E-state index >= 15 is 0 Å². The first kappa shape index (κ1) is 24.3. The topological polar surface area (TPSA) is 35.9 Å². The van der Waals surface area contributed by atoms with Gasteiger partial charge in [0.1, 0.15) is 5.82 Å². The summed E-state index contributed by atoms with van der Waals surface area (Å²) in [5, 5.41) is 1.32. The van der Waals surface area contributed by atoms with Crippen molar-refractivity contribution in [2.45, 2.75) is 20.6 Å². The second-order valence-corrected chi connectivity index (χ2v) is 15.4. The van der Waals surface area contributed by atoms with Crippen molar-refractivity contribution in [3.63, 3.8) is 0 Å². The summed E-state index contributed by atoms with van der Waals surface area (Å²) in [6.45, 7) is -8.57. The molecule has 0 aliphatic rings. The quantitative estimate of drug-likeness (QED) is 0.107. The van der Waals surface area contributed by atoms with Crippen molar-refractivity contribution in [2.24, 2.45) is 0 Å². The van der Waals surface area contributed by atoms with E-state index in [2.05, 4.69) is 23.4 Å². The zero-order chi connectivity index (χ0) is 66.3. The molecule has 0 aliphatic carbocycles. The standard InChI is InChI=1S/C63H44N4O.Pt/c1-42-18-15-19-43(2)62(42)48-32-35-58-60(37-48)65(41-66(58)63-52(45-20-7-4-8-21-45)29-17-30-53(63)46-22-9-5-10-23-46)49-26-16-27-50(38-49)68-51-33-34-55-54-28-13-14-31-57(54)67(59(55)39-51)61-36-44(3)56(40-64-61)47-24-11-6-12-25-47;/h4-37,40H,1-3H3;/q-2;/i1D3,2D3,3D3,4D,5D,6D,7D,8D,9D,10D,11D,12D,20D,21D,22D,23D,24D,25D;. The van der Waals surface area contributed by atoms with Gasteiger partial charge in [-0.25, -0.2) is 4.98 Å². The molecular weight excluding hydrogens is 1020 g/mol. The Kier molecular flexibility index (Phi) is 6.39. The Balaban J connectivity index is 0.00000884. The van der Waals surface area contributed by atoms with Crippen molar-refractivity contribution in [3.05, 3.63) is 247 Å². The van der Waals surface area contributed by atoms with Gasteiger partial charge in [-0.15, -0.1) is 29.7 Å². The minimum absolute atomic E-state index is 0. The first-order valence-corrected chi connectivity index (χ1v) is 21.0. The summed E-state index contributed by atoms with van der Waals surface area (Å²) in [6.07, 6.45) is 4.44. The zero-order valence-corrected chi connectivity index (χ0v) is 37.8. The molecule has 3 aromatic heterocycles. The van der Waals surface area contributed by atoms with Gasteiger partial charge in [0.25, 0.3) is 6.33 Å². The van der Waals surface area contributed by atoms with Gasteiger partial charge in [0, 0.05) is 62.2 Å². The van der Waals surface area contributed by atoms with E-state index in [-0.39, 0.29) is 122 Å². The van der Waals surface area contributed by atoms with Crippen molar-refractivity contribution < 1.29 is 63.3 Å². The number of imidazole rings is 1. The summed E-state index contributed by atoms with van der Waals surface area (Å²) >= 11 is 0. The van der Waals surface area contributed by atoms with E-state index in [0.29, 0.717) is 21.8 Å².